The standard InChI is InChI=1S/C29H35N3O4/c1-32(2)17-16-30-29(34)26(18-21-10-12-23(13-11-21)22-8-6-5-7-9-22)31-28(33)24-14-15-27(36-4)25(19-24)20-35-3/h5-15,19,26H,16-18,20H2,1-4H3,(H,30,34)(H,31,33). The maximum Gasteiger partial charge on any atom is 0.251 e. The molecule has 0 aromatic heterocycles. The molecule has 1 unspecified atom stereocenters. The van der Waals surface area contributed by atoms with Gasteiger partial charge >= 0.3 is 0 Å². The lowest BCUT2D eigenvalue weighted by molar-refractivity contribution is -0.123. The number of rotatable bonds is 12. The molecule has 1 atom stereocenters. The van der Waals surface area contributed by atoms with Crippen molar-refractivity contribution in [3.63, 3.8) is 0 Å². The van der Waals surface area contributed by atoms with Crippen molar-refractivity contribution in [3.8, 4) is 16.9 Å². The number of nitrogens with zero attached hydrogens (tertiary/aromatic N) is 1. The predicted molar refractivity (Wildman–Crippen MR) is 142 cm³/mol. The van der Waals surface area contributed by atoms with Crippen LogP contribution in [0.4, 0.5) is 0 Å². The lowest BCUT2D eigenvalue weighted by Gasteiger charge is -2.20. The van der Waals surface area contributed by atoms with Gasteiger partial charge in [-0.25, -0.2) is 0 Å². The van der Waals surface area contributed by atoms with Gasteiger partial charge < -0.3 is 25.0 Å². The quantitative estimate of drug-likeness (QED) is 0.407. The van der Waals surface area contributed by atoms with Crippen molar-refractivity contribution in [3.05, 3.63) is 89.5 Å². The van der Waals surface area contributed by atoms with Gasteiger partial charge in [0.05, 0.1) is 13.7 Å². The van der Waals surface area contributed by atoms with Crippen molar-refractivity contribution in [2.45, 2.75) is 19.1 Å². The molecule has 0 radical (unpaired) electrons. The molecule has 0 saturated carbocycles. The fourth-order valence-electron chi connectivity index (χ4n) is 3.86. The second kappa shape index (κ2) is 13.4. The van der Waals surface area contributed by atoms with E-state index in [2.05, 4.69) is 22.8 Å². The molecular weight excluding hydrogens is 454 g/mol. The Morgan fingerprint density at radius 2 is 1.61 bits per heavy atom. The van der Waals surface area contributed by atoms with E-state index < -0.39 is 6.04 Å². The lowest BCUT2D eigenvalue weighted by Crippen LogP contribution is -2.49. The molecule has 3 aromatic rings. The molecular formula is C29H35N3O4. The predicted octanol–water partition coefficient (Wildman–Crippen LogP) is 3.53. The number of ether oxygens (including phenoxy) is 2. The van der Waals surface area contributed by atoms with E-state index in [1.807, 2.05) is 61.5 Å². The number of methoxy groups -OCH3 is 2. The van der Waals surface area contributed by atoms with Crippen molar-refractivity contribution in [1.29, 1.82) is 0 Å². The Balaban J connectivity index is 1.77. The van der Waals surface area contributed by atoms with Crippen molar-refractivity contribution < 1.29 is 19.1 Å². The van der Waals surface area contributed by atoms with Crippen molar-refractivity contribution >= 4 is 11.8 Å². The van der Waals surface area contributed by atoms with Gasteiger partial charge in [-0.2, -0.15) is 0 Å². The highest BCUT2D eigenvalue weighted by molar-refractivity contribution is 5.98. The molecule has 0 aliphatic carbocycles. The maximum atomic E-state index is 13.1. The number of benzene rings is 3. The topological polar surface area (TPSA) is 79.9 Å². The normalized spacial score (nSPS) is 11.7. The number of hydrogen-bond donors (Lipinski definition) is 2. The van der Waals surface area contributed by atoms with E-state index in [-0.39, 0.29) is 11.8 Å². The molecule has 0 aliphatic heterocycles. The molecule has 0 heterocycles. The molecule has 0 aliphatic rings. The molecule has 2 amide bonds. The summed E-state index contributed by atoms with van der Waals surface area (Å²) in [5.74, 6) is 0.0940. The number of carbonyl (C=O) groups is 2. The molecule has 0 fully saturated rings. The molecule has 190 valence electrons. The zero-order valence-corrected chi connectivity index (χ0v) is 21.4. The third kappa shape index (κ3) is 7.66. The van der Waals surface area contributed by atoms with Crippen LogP contribution in [0, 0.1) is 0 Å². The maximum absolute atomic E-state index is 13.1. The average molecular weight is 490 g/mol. The number of carbonyl (C=O) groups excluding carboxylic acids is 2. The van der Waals surface area contributed by atoms with Gasteiger partial charge in [-0.15, -0.1) is 0 Å². The van der Waals surface area contributed by atoms with Gasteiger partial charge in [0, 0.05) is 37.7 Å². The summed E-state index contributed by atoms with van der Waals surface area (Å²) < 4.78 is 10.6. The second-order valence-electron chi connectivity index (χ2n) is 8.85. The molecule has 0 bridgehead atoms. The van der Waals surface area contributed by atoms with Crippen LogP contribution in [0.5, 0.6) is 5.75 Å². The van der Waals surface area contributed by atoms with Crippen LogP contribution in [0.2, 0.25) is 0 Å². The van der Waals surface area contributed by atoms with E-state index in [9.17, 15) is 9.59 Å². The first-order valence-electron chi connectivity index (χ1n) is 11.9. The highest BCUT2D eigenvalue weighted by Crippen LogP contribution is 2.22. The Morgan fingerprint density at radius 1 is 0.917 bits per heavy atom. The summed E-state index contributed by atoms with van der Waals surface area (Å²) in [4.78, 5) is 28.2. The molecule has 3 rings (SSSR count). The number of nitrogens with one attached hydrogen (secondary N) is 2. The molecule has 0 saturated heterocycles. The van der Waals surface area contributed by atoms with E-state index >= 15 is 0 Å². The molecule has 0 spiro atoms. The van der Waals surface area contributed by atoms with Crippen molar-refractivity contribution in [2.24, 2.45) is 0 Å². The van der Waals surface area contributed by atoms with E-state index in [1.54, 1.807) is 32.4 Å². The summed E-state index contributed by atoms with van der Waals surface area (Å²) in [5, 5.41) is 5.87. The first-order valence-corrected chi connectivity index (χ1v) is 11.9. The minimum atomic E-state index is -0.727. The van der Waals surface area contributed by atoms with Crippen LogP contribution in [-0.4, -0.2) is 64.2 Å². The van der Waals surface area contributed by atoms with E-state index in [0.717, 1.165) is 22.3 Å². The number of amides is 2. The summed E-state index contributed by atoms with van der Waals surface area (Å²) in [6.07, 6.45) is 0.371. The minimum absolute atomic E-state index is 0.219. The Kier molecular flexibility index (Phi) is 10.0. The third-order valence-electron chi connectivity index (χ3n) is 5.82. The van der Waals surface area contributed by atoms with E-state index in [4.69, 9.17) is 9.47 Å². The Bertz CT molecular complexity index is 1130. The Morgan fingerprint density at radius 3 is 2.25 bits per heavy atom. The number of likely N-dealkylation sites (N-methyl/N-ethyl adjacent to an activating group) is 1. The Hall–Kier alpha value is -3.68. The van der Waals surface area contributed by atoms with Crippen LogP contribution < -0.4 is 15.4 Å². The van der Waals surface area contributed by atoms with Gasteiger partial charge in [-0.05, 0) is 49.0 Å². The van der Waals surface area contributed by atoms with Crippen LogP contribution in [0.3, 0.4) is 0 Å². The number of hydrogen-bond acceptors (Lipinski definition) is 5. The molecule has 2 N–H and O–H groups in total. The summed E-state index contributed by atoms with van der Waals surface area (Å²) >= 11 is 0. The highest BCUT2D eigenvalue weighted by atomic mass is 16.5. The molecule has 7 nitrogen and oxygen atoms in total. The second-order valence-corrected chi connectivity index (χ2v) is 8.85. The SMILES string of the molecule is COCc1cc(C(=O)NC(Cc2ccc(-c3ccccc3)cc2)C(=O)NCCN(C)C)ccc1OC. The van der Waals surface area contributed by atoms with Gasteiger partial charge in [-0.1, -0.05) is 54.6 Å². The highest BCUT2D eigenvalue weighted by Gasteiger charge is 2.22. The van der Waals surface area contributed by atoms with Gasteiger partial charge in [0.15, 0.2) is 0 Å². The fraction of sp³-hybridized carbons (Fsp3) is 0.310. The zero-order valence-electron chi connectivity index (χ0n) is 21.4. The smallest absolute Gasteiger partial charge is 0.251 e. The molecule has 3 aromatic carbocycles. The first-order chi connectivity index (χ1) is 17.4. The van der Waals surface area contributed by atoms with Crippen LogP contribution in [0.15, 0.2) is 72.8 Å². The lowest BCUT2D eigenvalue weighted by atomic mass is 10.00. The Labute approximate surface area is 213 Å². The summed E-state index contributed by atoms with van der Waals surface area (Å²) in [6.45, 7) is 1.51. The van der Waals surface area contributed by atoms with Gasteiger partial charge in [0.1, 0.15) is 11.8 Å². The summed E-state index contributed by atoms with van der Waals surface area (Å²) in [6, 6.07) is 22.6. The molecule has 36 heavy (non-hydrogen) atoms. The molecule has 7 heteroatoms. The van der Waals surface area contributed by atoms with Crippen LogP contribution >= 0.6 is 0 Å². The zero-order chi connectivity index (χ0) is 25.9. The van der Waals surface area contributed by atoms with Crippen LogP contribution in [-0.2, 0) is 22.6 Å². The van der Waals surface area contributed by atoms with Gasteiger partial charge in [-0.3, -0.25) is 9.59 Å². The van der Waals surface area contributed by atoms with E-state index in [0.29, 0.717) is 37.4 Å². The van der Waals surface area contributed by atoms with Crippen LogP contribution in [0.1, 0.15) is 21.5 Å². The average Bonchev–Trinajstić information content (AvgIpc) is 2.89. The van der Waals surface area contributed by atoms with Crippen molar-refractivity contribution in [2.75, 3.05) is 41.4 Å². The fourth-order valence-corrected chi connectivity index (χ4v) is 3.86. The van der Waals surface area contributed by atoms with Crippen LogP contribution in [0.25, 0.3) is 11.1 Å². The first kappa shape index (κ1) is 26.9. The largest absolute Gasteiger partial charge is 0.496 e. The van der Waals surface area contributed by atoms with Gasteiger partial charge in [0.25, 0.3) is 5.91 Å². The van der Waals surface area contributed by atoms with Crippen molar-refractivity contribution in [1.82, 2.24) is 15.5 Å². The summed E-state index contributed by atoms with van der Waals surface area (Å²) in [5.41, 5.74) is 4.38. The monoisotopic (exact) mass is 489 g/mol. The van der Waals surface area contributed by atoms with Gasteiger partial charge in [0.2, 0.25) is 5.91 Å². The summed E-state index contributed by atoms with van der Waals surface area (Å²) in [7, 11) is 7.05. The van der Waals surface area contributed by atoms with E-state index in [1.165, 1.54) is 0 Å². The minimum Gasteiger partial charge on any atom is -0.496 e. The third-order valence-corrected chi connectivity index (χ3v) is 5.82.